The van der Waals surface area contributed by atoms with Gasteiger partial charge in [0.25, 0.3) is 0 Å². The minimum atomic E-state index is -0.676. The van der Waals surface area contributed by atoms with E-state index in [1.807, 2.05) is 0 Å². The van der Waals surface area contributed by atoms with Gasteiger partial charge >= 0.3 is 0 Å². The standard InChI is InChI=1S/C7H10O3S2/c1-4(8)5(7(10)12)2-3-6(9)11/h5H,2-3H2,1H3,(H,9,11)(H,10,12). The summed E-state index contributed by atoms with van der Waals surface area (Å²) in [5.74, 6) is -0.885. The van der Waals surface area contributed by atoms with Crippen LogP contribution in [0, 0.1) is 5.92 Å². The van der Waals surface area contributed by atoms with E-state index in [0.29, 0.717) is 0 Å². The van der Waals surface area contributed by atoms with E-state index in [0.717, 1.165) is 0 Å². The topological polar surface area (TPSA) is 57.5 Å². The zero-order valence-electron chi connectivity index (χ0n) is 6.61. The van der Waals surface area contributed by atoms with Crippen LogP contribution >= 0.6 is 24.4 Å². The van der Waals surface area contributed by atoms with Crippen molar-refractivity contribution in [2.45, 2.75) is 19.8 Å². The summed E-state index contributed by atoms with van der Waals surface area (Å²) in [6, 6.07) is 0. The molecule has 0 bridgehead atoms. The molecular weight excluding hydrogens is 196 g/mol. The molecular formula is C7H10O3S2. The Labute approximate surface area is 81.4 Å². The fourth-order valence-corrected chi connectivity index (χ4v) is 1.17. The zero-order chi connectivity index (χ0) is 9.72. The molecule has 1 atom stereocenters. The predicted octanol–water partition coefficient (Wildman–Crippen LogP) is 1.74. The summed E-state index contributed by atoms with van der Waals surface area (Å²) in [5, 5.41) is 17.0. The minimum absolute atomic E-state index is 0.169. The molecule has 68 valence electrons. The van der Waals surface area contributed by atoms with E-state index in [-0.39, 0.29) is 28.7 Å². The Morgan fingerprint density at radius 3 is 2.17 bits per heavy atom. The Morgan fingerprint density at radius 1 is 1.42 bits per heavy atom. The van der Waals surface area contributed by atoms with Crippen molar-refractivity contribution in [2.24, 2.45) is 5.92 Å². The summed E-state index contributed by atoms with van der Waals surface area (Å²) in [5.41, 5.74) is 0. The molecule has 0 fully saturated rings. The van der Waals surface area contributed by atoms with Gasteiger partial charge in [-0.1, -0.05) is 0 Å². The number of aliphatic hydroxyl groups is 2. The highest BCUT2D eigenvalue weighted by Crippen LogP contribution is 2.09. The summed E-state index contributed by atoms with van der Waals surface area (Å²) < 4.78 is 0. The number of rotatable bonds is 5. The van der Waals surface area contributed by atoms with E-state index in [1.54, 1.807) is 0 Å². The van der Waals surface area contributed by atoms with Crippen molar-refractivity contribution in [1.82, 2.24) is 0 Å². The Kier molecular flexibility index (Phi) is 4.92. The Morgan fingerprint density at radius 2 is 1.92 bits per heavy atom. The molecule has 0 aliphatic heterocycles. The molecule has 0 aliphatic carbocycles. The average molecular weight is 206 g/mol. The fourth-order valence-electron chi connectivity index (χ4n) is 0.768. The summed E-state index contributed by atoms with van der Waals surface area (Å²) in [4.78, 5) is 10.8. The SMILES string of the molecule is CC(=O)C(CCC(O)=S)C(O)=S. The van der Waals surface area contributed by atoms with E-state index in [1.165, 1.54) is 6.92 Å². The molecule has 2 N–H and O–H groups in total. The van der Waals surface area contributed by atoms with Gasteiger partial charge in [0, 0.05) is 6.42 Å². The van der Waals surface area contributed by atoms with E-state index in [4.69, 9.17) is 10.2 Å². The lowest BCUT2D eigenvalue weighted by atomic mass is 10.0. The van der Waals surface area contributed by atoms with Crippen molar-refractivity contribution in [2.75, 3.05) is 0 Å². The Bertz CT molecular complexity index is 199. The summed E-state index contributed by atoms with van der Waals surface area (Å²) in [7, 11) is 0. The largest absolute Gasteiger partial charge is 0.502 e. The van der Waals surface area contributed by atoms with E-state index < -0.39 is 5.92 Å². The van der Waals surface area contributed by atoms with Gasteiger partial charge in [-0.15, -0.1) is 0 Å². The number of hydrogen-bond acceptors (Lipinski definition) is 3. The van der Waals surface area contributed by atoms with Crippen molar-refractivity contribution in [3.05, 3.63) is 0 Å². The molecule has 0 aromatic heterocycles. The molecule has 0 aromatic rings. The van der Waals surface area contributed by atoms with Crippen LogP contribution in [-0.2, 0) is 4.79 Å². The van der Waals surface area contributed by atoms with E-state index in [2.05, 4.69) is 24.4 Å². The van der Waals surface area contributed by atoms with Gasteiger partial charge in [-0.25, -0.2) is 0 Å². The minimum Gasteiger partial charge on any atom is -0.502 e. The van der Waals surface area contributed by atoms with Crippen molar-refractivity contribution in [3.8, 4) is 0 Å². The van der Waals surface area contributed by atoms with Gasteiger partial charge in [-0.2, -0.15) is 0 Å². The first-order valence-electron chi connectivity index (χ1n) is 3.40. The summed E-state index contributed by atoms with van der Waals surface area (Å²) in [6.07, 6.45) is 0.486. The monoisotopic (exact) mass is 206 g/mol. The number of hydrogen-bond donors (Lipinski definition) is 2. The van der Waals surface area contributed by atoms with Gasteiger partial charge in [-0.3, -0.25) is 4.79 Å². The van der Waals surface area contributed by atoms with Crippen LogP contribution < -0.4 is 0 Å². The molecule has 0 spiro atoms. The second-order valence-electron chi connectivity index (χ2n) is 2.43. The normalized spacial score (nSPS) is 12.1. The molecule has 0 saturated heterocycles. The van der Waals surface area contributed by atoms with Gasteiger partial charge in [0.2, 0.25) is 0 Å². The van der Waals surface area contributed by atoms with Gasteiger partial charge in [0.1, 0.15) is 5.78 Å². The molecule has 12 heavy (non-hydrogen) atoms. The lowest BCUT2D eigenvalue weighted by Gasteiger charge is -2.08. The lowest BCUT2D eigenvalue weighted by molar-refractivity contribution is -0.119. The van der Waals surface area contributed by atoms with Gasteiger partial charge in [-0.05, 0) is 37.8 Å². The molecule has 1 unspecified atom stereocenters. The predicted molar refractivity (Wildman–Crippen MR) is 53.9 cm³/mol. The van der Waals surface area contributed by atoms with Gasteiger partial charge in [0.05, 0.1) is 5.92 Å². The third-order valence-electron chi connectivity index (χ3n) is 1.44. The molecule has 0 aliphatic rings. The molecule has 0 saturated carbocycles. The first-order valence-corrected chi connectivity index (χ1v) is 4.22. The Balaban J connectivity index is 4.06. The molecule has 0 radical (unpaired) electrons. The number of carbonyl (C=O) groups is 1. The van der Waals surface area contributed by atoms with Crippen LogP contribution in [-0.4, -0.2) is 26.1 Å². The van der Waals surface area contributed by atoms with Crippen molar-refractivity contribution in [3.63, 3.8) is 0 Å². The number of Topliss-reactive ketones (excluding diaryl/α,β-unsaturated/α-hetero) is 1. The molecule has 0 aromatic carbocycles. The quantitative estimate of drug-likeness (QED) is 0.671. The number of aliphatic hydroxyl groups excluding tert-OH is 2. The zero-order valence-corrected chi connectivity index (χ0v) is 8.24. The van der Waals surface area contributed by atoms with Crippen LogP contribution in [0.4, 0.5) is 0 Å². The van der Waals surface area contributed by atoms with Crippen molar-refractivity contribution in [1.29, 1.82) is 0 Å². The third kappa shape index (κ3) is 4.35. The molecule has 0 amide bonds. The van der Waals surface area contributed by atoms with Crippen LogP contribution in [0.15, 0.2) is 0 Å². The highest BCUT2D eigenvalue weighted by atomic mass is 32.1. The second-order valence-corrected chi connectivity index (χ2v) is 3.32. The van der Waals surface area contributed by atoms with Gasteiger partial charge in [0.15, 0.2) is 10.1 Å². The van der Waals surface area contributed by atoms with Crippen molar-refractivity contribution >= 4 is 40.3 Å². The molecule has 0 rings (SSSR count). The highest BCUT2D eigenvalue weighted by Gasteiger charge is 2.18. The van der Waals surface area contributed by atoms with Crippen LogP contribution in [0.3, 0.4) is 0 Å². The van der Waals surface area contributed by atoms with E-state index in [9.17, 15) is 4.79 Å². The summed E-state index contributed by atoms with van der Waals surface area (Å²) in [6.45, 7) is 1.34. The second kappa shape index (κ2) is 5.16. The average Bonchev–Trinajstić information content (AvgIpc) is 1.84. The highest BCUT2D eigenvalue weighted by molar-refractivity contribution is 7.80. The lowest BCUT2D eigenvalue weighted by Crippen LogP contribution is -2.20. The molecule has 5 heteroatoms. The number of thiocarbonyl (C=S) groups is 2. The summed E-state index contributed by atoms with van der Waals surface area (Å²) >= 11 is 8.86. The maximum Gasteiger partial charge on any atom is 0.167 e. The van der Waals surface area contributed by atoms with Crippen LogP contribution in [0.2, 0.25) is 0 Å². The molecule has 3 nitrogen and oxygen atoms in total. The number of ketones is 1. The first kappa shape index (κ1) is 11.4. The van der Waals surface area contributed by atoms with Crippen LogP contribution in [0.5, 0.6) is 0 Å². The van der Waals surface area contributed by atoms with Gasteiger partial charge < -0.3 is 10.2 Å². The number of carbonyl (C=O) groups excluding carboxylic acids is 1. The van der Waals surface area contributed by atoms with E-state index >= 15 is 0 Å². The maximum absolute atomic E-state index is 10.8. The van der Waals surface area contributed by atoms with Crippen molar-refractivity contribution < 1.29 is 15.0 Å². The third-order valence-corrected chi connectivity index (χ3v) is 1.92. The van der Waals surface area contributed by atoms with Crippen LogP contribution in [0.1, 0.15) is 19.8 Å². The first-order chi connectivity index (χ1) is 5.45. The smallest absolute Gasteiger partial charge is 0.167 e. The van der Waals surface area contributed by atoms with Crippen LogP contribution in [0.25, 0.3) is 0 Å². The Hall–Kier alpha value is -0.550. The molecule has 0 heterocycles. The maximum atomic E-state index is 10.8. The fraction of sp³-hybridized carbons (Fsp3) is 0.571.